The Morgan fingerprint density at radius 3 is 2.45 bits per heavy atom. The molecule has 0 bridgehead atoms. The molecular weight excluding hydrogens is 136 g/mol. The molecule has 0 unspecified atom stereocenters. The van der Waals surface area contributed by atoms with Crippen molar-refractivity contribution in [1.29, 1.82) is 0 Å². The van der Waals surface area contributed by atoms with Crippen LogP contribution in [0.4, 0.5) is 0 Å². The van der Waals surface area contributed by atoms with Gasteiger partial charge in [-0.2, -0.15) is 0 Å². The second kappa shape index (κ2) is 2.76. The normalized spacial score (nSPS) is 31.4. The summed E-state index contributed by atoms with van der Waals surface area (Å²) in [7, 11) is 2.23. The van der Waals surface area contributed by atoms with Crippen molar-refractivity contribution in [2.75, 3.05) is 33.2 Å². The summed E-state index contributed by atoms with van der Waals surface area (Å²) < 4.78 is 0. The van der Waals surface area contributed by atoms with Crippen molar-refractivity contribution in [3.05, 3.63) is 0 Å². The summed E-state index contributed by atoms with van der Waals surface area (Å²) in [4.78, 5) is 2.45. The van der Waals surface area contributed by atoms with Gasteiger partial charge in [0, 0.05) is 6.54 Å². The van der Waals surface area contributed by atoms with E-state index in [9.17, 15) is 0 Å². The van der Waals surface area contributed by atoms with Crippen molar-refractivity contribution >= 4 is 0 Å². The molecular formula is C9H18N2. The highest BCUT2D eigenvalue weighted by atomic mass is 15.1. The first-order valence-electron chi connectivity index (χ1n) is 4.70. The van der Waals surface area contributed by atoms with Crippen LogP contribution in [-0.2, 0) is 0 Å². The predicted octanol–water partition coefficient (Wildman–Crippen LogP) is 0.692. The second-order valence-electron chi connectivity index (χ2n) is 4.23. The zero-order valence-electron chi connectivity index (χ0n) is 7.40. The number of likely N-dealkylation sites (tertiary alicyclic amines) is 1. The van der Waals surface area contributed by atoms with Crippen LogP contribution in [-0.4, -0.2) is 38.1 Å². The topological polar surface area (TPSA) is 15.3 Å². The third-order valence-corrected chi connectivity index (χ3v) is 3.38. The number of rotatable bonds is 0. The van der Waals surface area contributed by atoms with E-state index in [-0.39, 0.29) is 0 Å². The van der Waals surface area contributed by atoms with Gasteiger partial charge in [-0.25, -0.2) is 0 Å². The standard InChI is InChI=1S/C9H18N2/c1-11-6-3-9(4-7-11)2-5-10-8-9/h10H,2-8H2,1H3. The van der Waals surface area contributed by atoms with Gasteiger partial charge in [-0.15, -0.1) is 0 Å². The molecule has 2 aliphatic heterocycles. The lowest BCUT2D eigenvalue weighted by Gasteiger charge is -2.37. The molecule has 2 nitrogen and oxygen atoms in total. The number of nitrogens with one attached hydrogen (secondary N) is 1. The largest absolute Gasteiger partial charge is 0.316 e. The molecule has 1 spiro atoms. The molecule has 64 valence electrons. The molecule has 0 saturated carbocycles. The summed E-state index contributed by atoms with van der Waals surface area (Å²) >= 11 is 0. The van der Waals surface area contributed by atoms with Gasteiger partial charge < -0.3 is 10.2 Å². The Bertz CT molecular complexity index is 128. The molecule has 1 N–H and O–H groups in total. The van der Waals surface area contributed by atoms with Gasteiger partial charge >= 0.3 is 0 Å². The molecule has 2 fully saturated rings. The Morgan fingerprint density at radius 2 is 1.91 bits per heavy atom. The van der Waals surface area contributed by atoms with Crippen LogP contribution in [0.15, 0.2) is 0 Å². The molecule has 2 rings (SSSR count). The molecule has 0 aromatic heterocycles. The van der Waals surface area contributed by atoms with Gasteiger partial charge in [0.05, 0.1) is 0 Å². The number of piperidine rings is 1. The fourth-order valence-electron chi connectivity index (χ4n) is 2.32. The van der Waals surface area contributed by atoms with Crippen molar-refractivity contribution in [1.82, 2.24) is 10.2 Å². The minimum Gasteiger partial charge on any atom is -0.316 e. The van der Waals surface area contributed by atoms with Crippen molar-refractivity contribution in [2.24, 2.45) is 5.41 Å². The molecule has 2 heterocycles. The minimum absolute atomic E-state index is 0.701. The molecule has 11 heavy (non-hydrogen) atoms. The molecule has 0 amide bonds. The number of hydrogen-bond donors (Lipinski definition) is 1. The van der Waals surface area contributed by atoms with Gasteiger partial charge in [-0.1, -0.05) is 0 Å². The van der Waals surface area contributed by atoms with Gasteiger partial charge in [0.15, 0.2) is 0 Å². The Hall–Kier alpha value is -0.0800. The zero-order chi connectivity index (χ0) is 7.73. The number of hydrogen-bond acceptors (Lipinski definition) is 2. The van der Waals surface area contributed by atoms with Crippen LogP contribution >= 0.6 is 0 Å². The first-order chi connectivity index (χ1) is 5.31. The average molecular weight is 154 g/mol. The van der Waals surface area contributed by atoms with Gasteiger partial charge in [-0.3, -0.25) is 0 Å². The van der Waals surface area contributed by atoms with Crippen LogP contribution in [0, 0.1) is 5.41 Å². The molecule has 0 aliphatic carbocycles. The predicted molar refractivity (Wildman–Crippen MR) is 46.7 cm³/mol. The van der Waals surface area contributed by atoms with E-state index < -0.39 is 0 Å². The van der Waals surface area contributed by atoms with E-state index in [2.05, 4.69) is 17.3 Å². The van der Waals surface area contributed by atoms with Crippen molar-refractivity contribution in [3.63, 3.8) is 0 Å². The number of nitrogens with zero attached hydrogens (tertiary/aromatic N) is 1. The fraction of sp³-hybridized carbons (Fsp3) is 1.00. The Morgan fingerprint density at radius 1 is 1.18 bits per heavy atom. The van der Waals surface area contributed by atoms with Crippen LogP contribution in [0.25, 0.3) is 0 Å². The molecule has 2 aliphatic rings. The molecule has 0 radical (unpaired) electrons. The van der Waals surface area contributed by atoms with Crippen LogP contribution in [0.5, 0.6) is 0 Å². The highest BCUT2D eigenvalue weighted by Gasteiger charge is 2.35. The van der Waals surface area contributed by atoms with Gasteiger partial charge in [0.1, 0.15) is 0 Å². The van der Waals surface area contributed by atoms with Crippen LogP contribution < -0.4 is 5.32 Å². The minimum atomic E-state index is 0.701. The maximum Gasteiger partial charge on any atom is 0.000924 e. The first-order valence-corrected chi connectivity index (χ1v) is 4.70. The molecule has 2 heteroatoms. The van der Waals surface area contributed by atoms with Crippen molar-refractivity contribution in [2.45, 2.75) is 19.3 Å². The van der Waals surface area contributed by atoms with E-state index in [0.717, 1.165) is 0 Å². The maximum absolute atomic E-state index is 3.48. The second-order valence-corrected chi connectivity index (χ2v) is 4.23. The SMILES string of the molecule is CN1CCC2(CCNC2)CC1. The van der Waals surface area contributed by atoms with Crippen molar-refractivity contribution < 1.29 is 0 Å². The van der Waals surface area contributed by atoms with Crippen molar-refractivity contribution in [3.8, 4) is 0 Å². The molecule has 2 saturated heterocycles. The summed E-state index contributed by atoms with van der Waals surface area (Å²) in [6.07, 6.45) is 4.24. The summed E-state index contributed by atoms with van der Waals surface area (Å²) in [5.74, 6) is 0. The summed E-state index contributed by atoms with van der Waals surface area (Å²) in [6, 6.07) is 0. The van der Waals surface area contributed by atoms with Gasteiger partial charge in [0.25, 0.3) is 0 Å². The summed E-state index contributed by atoms with van der Waals surface area (Å²) in [6.45, 7) is 5.15. The van der Waals surface area contributed by atoms with Crippen LogP contribution in [0.2, 0.25) is 0 Å². The average Bonchev–Trinajstić information content (AvgIpc) is 2.45. The van der Waals surface area contributed by atoms with Gasteiger partial charge in [0.2, 0.25) is 0 Å². The molecule has 0 aromatic rings. The lowest BCUT2D eigenvalue weighted by atomic mass is 9.78. The third-order valence-electron chi connectivity index (χ3n) is 3.38. The van der Waals surface area contributed by atoms with E-state index in [1.807, 2.05) is 0 Å². The molecule has 0 aromatic carbocycles. The summed E-state index contributed by atoms with van der Waals surface area (Å²) in [5, 5.41) is 3.48. The maximum atomic E-state index is 3.48. The van der Waals surface area contributed by atoms with Gasteiger partial charge in [-0.05, 0) is 51.4 Å². The lowest BCUT2D eigenvalue weighted by molar-refractivity contribution is 0.140. The lowest BCUT2D eigenvalue weighted by Crippen LogP contribution is -2.39. The van der Waals surface area contributed by atoms with E-state index >= 15 is 0 Å². The summed E-state index contributed by atoms with van der Waals surface area (Å²) in [5.41, 5.74) is 0.701. The van der Waals surface area contributed by atoms with Crippen LogP contribution in [0.1, 0.15) is 19.3 Å². The van der Waals surface area contributed by atoms with E-state index in [4.69, 9.17) is 0 Å². The third kappa shape index (κ3) is 1.42. The fourth-order valence-corrected chi connectivity index (χ4v) is 2.32. The molecule has 0 atom stereocenters. The monoisotopic (exact) mass is 154 g/mol. The highest BCUT2D eigenvalue weighted by Crippen LogP contribution is 2.36. The van der Waals surface area contributed by atoms with E-state index in [1.165, 1.54) is 45.4 Å². The Balaban J connectivity index is 1.94. The quantitative estimate of drug-likeness (QED) is 0.552. The highest BCUT2D eigenvalue weighted by molar-refractivity contribution is 4.91. The smallest absolute Gasteiger partial charge is 0.000924 e. The van der Waals surface area contributed by atoms with E-state index in [1.54, 1.807) is 0 Å². The first kappa shape index (κ1) is 7.56. The van der Waals surface area contributed by atoms with Crippen LogP contribution in [0.3, 0.4) is 0 Å². The Labute approximate surface area is 69.0 Å². The Kier molecular flexibility index (Phi) is 1.90. The van der Waals surface area contributed by atoms with E-state index in [0.29, 0.717) is 5.41 Å². The zero-order valence-corrected chi connectivity index (χ0v) is 7.40.